The first-order valence-corrected chi connectivity index (χ1v) is 16.3. The Morgan fingerprint density at radius 1 is 0.913 bits per heavy atom. The van der Waals surface area contributed by atoms with Crippen LogP contribution in [0.3, 0.4) is 0 Å². The van der Waals surface area contributed by atoms with E-state index in [1.807, 2.05) is 11.8 Å². The fraction of sp³-hybridized carbons (Fsp3) is 0.417. The van der Waals surface area contributed by atoms with Gasteiger partial charge in [-0.1, -0.05) is 60.7 Å². The zero-order chi connectivity index (χ0) is 31.5. The van der Waals surface area contributed by atoms with Crippen LogP contribution in [0, 0.1) is 0 Å². The molecule has 2 aromatic carbocycles. The van der Waals surface area contributed by atoms with E-state index in [0.717, 1.165) is 43.9 Å². The molecule has 2 aromatic heterocycles. The summed E-state index contributed by atoms with van der Waals surface area (Å²) in [5, 5.41) is 0. The van der Waals surface area contributed by atoms with E-state index in [9.17, 15) is 4.79 Å². The van der Waals surface area contributed by atoms with Crippen molar-refractivity contribution in [2.45, 2.75) is 50.2 Å². The summed E-state index contributed by atoms with van der Waals surface area (Å²) in [5.74, 6) is 2.45. The normalized spacial score (nSPS) is 20.4. The van der Waals surface area contributed by atoms with E-state index in [1.54, 1.807) is 25.7 Å². The molecule has 0 N–H and O–H groups in total. The average molecular weight is 620 g/mol. The van der Waals surface area contributed by atoms with E-state index in [0.29, 0.717) is 49.6 Å². The molecule has 0 bridgehead atoms. The minimum absolute atomic E-state index is 0.0755. The second kappa shape index (κ2) is 13.5. The number of rotatable bonds is 10. The first-order valence-electron chi connectivity index (χ1n) is 16.3. The van der Waals surface area contributed by atoms with E-state index in [-0.39, 0.29) is 23.9 Å². The topological polar surface area (TPSA) is 96.8 Å². The van der Waals surface area contributed by atoms with E-state index < -0.39 is 0 Å². The van der Waals surface area contributed by atoms with Crippen LogP contribution in [0.4, 0.5) is 0 Å². The van der Waals surface area contributed by atoms with Crippen molar-refractivity contribution in [2.24, 2.45) is 0 Å². The molecule has 2 aliphatic heterocycles. The van der Waals surface area contributed by atoms with Crippen LogP contribution in [0.1, 0.15) is 64.6 Å². The van der Waals surface area contributed by atoms with Crippen LogP contribution < -0.4 is 9.47 Å². The number of hydrogen-bond donors (Lipinski definition) is 0. The molecule has 2 atom stereocenters. The van der Waals surface area contributed by atoms with Crippen molar-refractivity contribution in [1.29, 1.82) is 0 Å². The summed E-state index contributed by atoms with van der Waals surface area (Å²) in [6.45, 7) is 6.69. The Kier molecular flexibility index (Phi) is 8.89. The predicted octanol–water partition coefficient (Wildman–Crippen LogP) is 4.39. The highest BCUT2D eigenvalue weighted by Crippen LogP contribution is 2.41. The van der Waals surface area contributed by atoms with Crippen LogP contribution in [0.25, 0.3) is 0 Å². The van der Waals surface area contributed by atoms with Gasteiger partial charge in [0.25, 0.3) is 5.91 Å². The van der Waals surface area contributed by atoms with Crippen molar-refractivity contribution in [2.75, 3.05) is 46.4 Å². The van der Waals surface area contributed by atoms with Crippen LogP contribution in [-0.2, 0) is 6.54 Å². The standard InChI is InChI=1S/C36H41N7O3/c1-3-46-35-29(34(45-2)39-33(40-35)27-14-15-27)23-41-21-28-22-42(36(44)30-20-37-16-17-38-30)18-19-43(28)31(24-41)32(25-10-6-4-7-11-25)26-12-8-5-9-13-26/h4-13,16-17,20,27-28,31-32H,3,14-15,18-19,21-24H2,1-2H3/t28-,31+/m1/s1. The highest BCUT2D eigenvalue weighted by Gasteiger charge is 2.44. The van der Waals surface area contributed by atoms with Gasteiger partial charge < -0.3 is 14.4 Å². The van der Waals surface area contributed by atoms with Crippen molar-refractivity contribution in [3.8, 4) is 11.8 Å². The molecular weight excluding hydrogens is 578 g/mol. The van der Waals surface area contributed by atoms with Crippen molar-refractivity contribution >= 4 is 5.91 Å². The van der Waals surface area contributed by atoms with Crippen LogP contribution in [0.2, 0.25) is 0 Å². The molecule has 4 heterocycles. The Labute approximate surface area is 270 Å². The van der Waals surface area contributed by atoms with Crippen LogP contribution in [-0.4, -0.2) is 99.1 Å². The average Bonchev–Trinajstić information content (AvgIpc) is 3.96. The summed E-state index contributed by atoms with van der Waals surface area (Å²) in [4.78, 5) is 38.8. The van der Waals surface area contributed by atoms with Gasteiger partial charge >= 0.3 is 0 Å². The van der Waals surface area contributed by atoms with E-state index >= 15 is 0 Å². The molecule has 4 aromatic rings. The summed E-state index contributed by atoms with van der Waals surface area (Å²) in [6, 6.07) is 21.9. The number of methoxy groups -OCH3 is 1. The van der Waals surface area contributed by atoms with Gasteiger partial charge in [0, 0.05) is 75.6 Å². The molecule has 1 amide bonds. The first kappa shape index (κ1) is 30.3. The maximum Gasteiger partial charge on any atom is 0.274 e. The van der Waals surface area contributed by atoms with Gasteiger partial charge in [-0.3, -0.25) is 19.6 Å². The fourth-order valence-electron chi connectivity index (χ4n) is 7.12. The SMILES string of the molecule is CCOc1nc(C2CC2)nc(OC)c1CN1C[C@@H]2CN(C(=O)c3cnccn3)CCN2[C@H](C(c2ccccc2)c2ccccc2)C1. The van der Waals surface area contributed by atoms with E-state index in [2.05, 4.69) is 80.4 Å². The van der Waals surface area contributed by atoms with E-state index in [4.69, 9.17) is 19.4 Å². The molecule has 10 nitrogen and oxygen atoms in total. The Bertz CT molecular complexity index is 1580. The van der Waals surface area contributed by atoms with Gasteiger partial charge in [0.05, 0.1) is 25.5 Å². The number of amides is 1. The minimum atomic E-state index is -0.0755. The number of ether oxygens (including phenoxy) is 2. The lowest BCUT2D eigenvalue weighted by Gasteiger charge is -2.53. The third-order valence-electron chi connectivity index (χ3n) is 9.39. The van der Waals surface area contributed by atoms with Gasteiger partial charge in [0.15, 0.2) is 0 Å². The number of aromatic nitrogens is 4. The minimum Gasteiger partial charge on any atom is -0.481 e. The van der Waals surface area contributed by atoms with E-state index in [1.165, 1.54) is 11.1 Å². The summed E-state index contributed by atoms with van der Waals surface area (Å²) < 4.78 is 12.0. The molecule has 0 radical (unpaired) electrons. The van der Waals surface area contributed by atoms with Gasteiger partial charge in [-0.15, -0.1) is 0 Å². The largest absolute Gasteiger partial charge is 0.481 e. The Hall–Kier alpha value is -4.41. The molecule has 46 heavy (non-hydrogen) atoms. The molecule has 2 saturated heterocycles. The Balaban J connectivity index is 1.25. The van der Waals surface area contributed by atoms with Gasteiger partial charge in [0.1, 0.15) is 11.5 Å². The number of piperazine rings is 2. The van der Waals surface area contributed by atoms with Crippen molar-refractivity contribution in [1.82, 2.24) is 34.6 Å². The highest BCUT2D eigenvalue weighted by molar-refractivity contribution is 5.92. The smallest absolute Gasteiger partial charge is 0.274 e. The quantitative estimate of drug-likeness (QED) is 0.256. The number of benzene rings is 2. The first-order chi connectivity index (χ1) is 22.6. The second-order valence-corrected chi connectivity index (χ2v) is 12.4. The maximum absolute atomic E-state index is 13.5. The van der Waals surface area contributed by atoms with Gasteiger partial charge in [-0.25, -0.2) is 4.98 Å². The molecule has 3 aliphatic rings. The van der Waals surface area contributed by atoms with Gasteiger partial charge in [0.2, 0.25) is 11.8 Å². The summed E-state index contributed by atoms with van der Waals surface area (Å²) in [6.07, 6.45) is 6.93. The number of fused-ring (bicyclic) bond motifs is 1. The lowest BCUT2D eigenvalue weighted by molar-refractivity contribution is -0.0293. The number of hydrogen-bond acceptors (Lipinski definition) is 9. The highest BCUT2D eigenvalue weighted by atomic mass is 16.5. The molecule has 10 heteroatoms. The molecular formula is C36H41N7O3. The summed E-state index contributed by atoms with van der Waals surface area (Å²) in [5.41, 5.74) is 3.81. The van der Waals surface area contributed by atoms with Gasteiger partial charge in [-0.05, 0) is 30.9 Å². The zero-order valence-corrected chi connectivity index (χ0v) is 26.5. The predicted molar refractivity (Wildman–Crippen MR) is 174 cm³/mol. The molecule has 0 unspecified atom stereocenters. The molecule has 7 rings (SSSR count). The second-order valence-electron chi connectivity index (χ2n) is 12.4. The third-order valence-corrected chi connectivity index (χ3v) is 9.39. The van der Waals surface area contributed by atoms with Crippen molar-refractivity contribution < 1.29 is 14.3 Å². The molecule has 0 spiro atoms. The number of nitrogens with zero attached hydrogens (tertiary/aromatic N) is 7. The monoisotopic (exact) mass is 619 g/mol. The Morgan fingerprint density at radius 3 is 2.26 bits per heavy atom. The lowest BCUT2D eigenvalue weighted by atomic mass is 9.81. The van der Waals surface area contributed by atoms with Crippen LogP contribution in [0.5, 0.6) is 11.8 Å². The number of carbonyl (C=O) groups is 1. The molecule has 1 aliphatic carbocycles. The fourth-order valence-corrected chi connectivity index (χ4v) is 7.12. The molecule has 238 valence electrons. The van der Waals surface area contributed by atoms with Crippen molar-refractivity contribution in [3.05, 3.63) is 107 Å². The number of carbonyl (C=O) groups excluding carboxylic acids is 1. The summed E-state index contributed by atoms with van der Waals surface area (Å²) >= 11 is 0. The van der Waals surface area contributed by atoms with Gasteiger partial charge in [-0.2, -0.15) is 9.97 Å². The lowest BCUT2D eigenvalue weighted by Crippen LogP contribution is -2.67. The molecule has 3 fully saturated rings. The van der Waals surface area contributed by atoms with Crippen LogP contribution >= 0.6 is 0 Å². The third kappa shape index (κ3) is 6.32. The maximum atomic E-state index is 13.5. The Morgan fingerprint density at radius 2 is 1.63 bits per heavy atom. The van der Waals surface area contributed by atoms with Crippen molar-refractivity contribution in [3.63, 3.8) is 0 Å². The van der Waals surface area contributed by atoms with Crippen LogP contribution in [0.15, 0.2) is 79.3 Å². The summed E-state index contributed by atoms with van der Waals surface area (Å²) in [7, 11) is 1.68. The zero-order valence-electron chi connectivity index (χ0n) is 26.5. The molecule has 1 saturated carbocycles.